The van der Waals surface area contributed by atoms with E-state index < -0.39 is 0 Å². The Kier molecular flexibility index (Phi) is 5.28. The molecular formula is C22H24N4O3. The second kappa shape index (κ2) is 8.02. The molecule has 0 aliphatic carbocycles. The number of aryl methyl sites for hydroxylation is 2. The number of nitriles is 1. The van der Waals surface area contributed by atoms with Gasteiger partial charge in [-0.1, -0.05) is 6.07 Å². The third-order valence-corrected chi connectivity index (χ3v) is 5.24. The summed E-state index contributed by atoms with van der Waals surface area (Å²) in [6, 6.07) is 11.7. The smallest absolute Gasteiger partial charge is 0.266 e. The van der Waals surface area contributed by atoms with Crippen LogP contribution in [0.1, 0.15) is 22.6 Å². The number of nitrogens with zero attached hydrogens (tertiary/aromatic N) is 4. The first-order chi connectivity index (χ1) is 14.0. The quantitative estimate of drug-likeness (QED) is 0.654. The highest BCUT2D eigenvalue weighted by Gasteiger charge is 2.24. The predicted octanol–water partition coefficient (Wildman–Crippen LogP) is 3.75. The lowest BCUT2D eigenvalue weighted by atomic mass is 10.1. The molecule has 1 aliphatic heterocycles. The average Bonchev–Trinajstić information content (AvgIpc) is 3.36. The van der Waals surface area contributed by atoms with Crippen molar-refractivity contribution in [3.05, 3.63) is 52.9 Å². The van der Waals surface area contributed by atoms with E-state index in [1.165, 1.54) is 11.1 Å². The minimum absolute atomic E-state index is 0.286. The van der Waals surface area contributed by atoms with Crippen molar-refractivity contribution in [2.24, 2.45) is 0 Å². The van der Waals surface area contributed by atoms with Crippen LogP contribution in [0, 0.1) is 25.2 Å². The zero-order valence-electron chi connectivity index (χ0n) is 16.9. The Hall–Kier alpha value is -3.24. The van der Waals surface area contributed by atoms with Gasteiger partial charge in [-0.2, -0.15) is 10.2 Å². The van der Waals surface area contributed by atoms with E-state index in [1.54, 1.807) is 6.07 Å². The van der Waals surface area contributed by atoms with Crippen LogP contribution in [0.3, 0.4) is 0 Å². The summed E-state index contributed by atoms with van der Waals surface area (Å²) < 4.78 is 17.6. The third-order valence-electron chi connectivity index (χ3n) is 5.24. The Labute approximate surface area is 170 Å². The molecule has 7 nitrogen and oxygen atoms in total. The summed E-state index contributed by atoms with van der Waals surface area (Å²) in [5, 5.41) is 9.46. The zero-order chi connectivity index (χ0) is 20.4. The molecule has 0 spiro atoms. The highest BCUT2D eigenvalue weighted by molar-refractivity contribution is 5.56. The zero-order valence-corrected chi connectivity index (χ0v) is 16.9. The van der Waals surface area contributed by atoms with Gasteiger partial charge in [0.25, 0.3) is 5.89 Å². The van der Waals surface area contributed by atoms with Gasteiger partial charge < -0.3 is 23.4 Å². The number of aromatic nitrogens is 1. The van der Waals surface area contributed by atoms with Crippen molar-refractivity contribution in [1.29, 1.82) is 5.26 Å². The van der Waals surface area contributed by atoms with Gasteiger partial charge in [-0.25, -0.2) is 0 Å². The summed E-state index contributed by atoms with van der Waals surface area (Å²) in [6.45, 7) is 7.86. The number of hydrogen-bond donors (Lipinski definition) is 0. The first kappa shape index (κ1) is 19.1. The van der Waals surface area contributed by atoms with Crippen LogP contribution in [0.15, 0.2) is 39.2 Å². The molecule has 1 saturated heterocycles. The van der Waals surface area contributed by atoms with Gasteiger partial charge in [0.2, 0.25) is 11.6 Å². The molecule has 150 valence electrons. The molecule has 3 heterocycles. The molecule has 3 aromatic rings. The molecular weight excluding hydrogens is 368 g/mol. The van der Waals surface area contributed by atoms with Gasteiger partial charge in [-0.3, -0.25) is 0 Å². The van der Waals surface area contributed by atoms with Crippen LogP contribution >= 0.6 is 0 Å². The van der Waals surface area contributed by atoms with Gasteiger partial charge in [0.15, 0.2) is 5.76 Å². The van der Waals surface area contributed by atoms with Gasteiger partial charge in [0.1, 0.15) is 24.2 Å². The maximum Gasteiger partial charge on any atom is 0.266 e. The Morgan fingerprint density at radius 3 is 2.59 bits per heavy atom. The Bertz CT molecular complexity index is 1040. The van der Waals surface area contributed by atoms with Crippen molar-refractivity contribution < 1.29 is 13.6 Å². The monoisotopic (exact) mass is 392 g/mol. The molecule has 1 aromatic carbocycles. The molecule has 2 aromatic heterocycles. The van der Waals surface area contributed by atoms with Crippen LogP contribution in [-0.2, 0) is 6.61 Å². The molecule has 0 amide bonds. The van der Waals surface area contributed by atoms with Crippen LogP contribution in [0.2, 0.25) is 0 Å². The topological polar surface area (TPSA) is 78.7 Å². The molecule has 0 radical (unpaired) electrons. The molecule has 29 heavy (non-hydrogen) atoms. The standard InChI is InChI=1S/C22H24N4O3/c1-15-4-5-17(12-16(15)2)27-14-18-6-7-20(28-18)21-24-19(13-23)22(29-21)26-10-8-25(3)9-11-26/h4-7,12H,8-11,14H2,1-3H3. The van der Waals surface area contributed by atoms with Crippen molar-refractivity contribution in [3.8, 4) is 23.5 Å². The summed E-state index contributed by atoms with van der Waals surface area (Å²) in [4.78, 5) is 8.63. The SMILES string of the molecule is Cc1ccc(OCc2ccc(-c3nc(C#N)c(N4CCN(C)CC4)o3)o2)cc1C. The number of benzene rings is 1. The van der Waals surface area contributed by atoms with Crippen molar-refractivity contribution in [2.75, 3.05) is 38.1 Å². The number of anilines is 1. The van der Waals surface area contributed by atoms with Gasteiger partial charge in [0, 0.05) is 26.2 Å². The molecule has 7 heteroatoms. The molecule has 0 atom stereocenters. The van der Waals surface area contributed by atoms with Crippen molar-refractivity contribution in [3.63, 3.8) is 0 Å². The normalized spacial score (nSPS) is 14.8. The lowest BCUT2D eigenvalue weighted by Crippen LogP contribution is -2.44. The first-order valence-corrected chi connectivity index (χ1v) is 9.67. The van der Waals surface area contributed by atoms with E-state index in [2.05, 4.69) is 41.7 Å². The largest absolute Gasteiger partial charge is 0.486 e. The van der Waals surface area contributed by atoms with Crippen LogP contribution in [0.5, 0.6) is 5.75 Å². The lowest BCUT2D eigenvalue weighted by Gasteiger charge is -2.31. The lowest BCUT2D eigenvalue weighted by molar-refractivity contribution is 0.270. The summed E-state index contributed by atoms with van der Waals surface area (Å²) in [5.41, 5.74) is 2.70. The fraction of sp³-hybridized carbons (Fsp3) is 0.364. The predicted molar refractivity (Wildman–Crippen MR) is 109 cm³/mol. The summed E-state index contributed by atoms with van der Waals surface area (Å²) in [7, 11) is 2.08. The fourth-order valence-electron chi connectivity index (χ4n) is 3.24. The number of piperazine rings is 1. The molecule has 0 bridgehead atoms. The van der Waals surface area contributed by atoms with E-state index in [4.69, 9.17) is 13.6 Å². The van der Waals surface area contributed by atoms with Gasteiger partial charge >= 0.3 is 0 Å². The van der Waals surface area contributed by atoms with Crippen molar-refractivity contribution >= 4 is 5.88 Å². The van der Waals surface area contributed by atoms with E-state index >= 15 is 0 Å². The summed E-state index contributed by atoms with van der Waals surface area (Å²) >= 11 is 0. The van der Waals surface area contributed by atoms with E-state index in [0.717, 1.165) is 31.9 Å². The first-order valence-electron chi connectivity index (χ1n) is 9.67. The molecule has 1 aliphatic rings. The van der Waals surface area contributed by atoms with Gasteiger partial charge in [-0.05, 0) is 56.3 Å². The highest BCUT2D eigenvalue weighted by Crippen LogP contribution is 2.30. The maximum atomic E-state index is 9.46. The van der Waals surface area contributed by atoms with E-state index in [1.807, 2.05) is 24.3 Å². The van der Waals surface area contributed by atoms with Crippen LogP contribution in [0.4, 0.5) is 5.88 Å². The molecule has 0 unspecified atom stereocenters. The molecule has 1 fully saturated rings. The van der Waals surface area contributed by atoms with Crippen molar-refractivity contribution in [2.45, 2.75) is 20.5 Å². The van der Waals surface area contributed by atoms with E-state index in [-0.39, 0.29) is 5.69 Å². The number of likely N-dealkylation sites (N-methyl/N-ethyl adjacent to an activating group) is 1. The van der Waals surface area contributed by atoms with Crippen LogP contribution in [-0.4, -0.2) is 43.1 Å². The molecule has 0 saturated carbocycles. The Balaban J connectivity index is 1.47. The minimum atomic E-state index is 0.286. The van der Waals surface area contributed by atoms with Crippen LogP contribution in [0.25, 0.3) is 11.7 Å². The number of oxazole rings is 1. The third kappa shape index (κ3) is 4.13. The minimum Gasteiger partial charge on any atom is -0.486 e. The summed E-state index contributed by atoms with van der Waals surface area (Å²) in [6.07, 6.45) is 0. The number of hydrogen-bond acceptors (Lipinski definition) is 7. The fourth-order valence-corrected chi connectivity index (χ4v) is 3.24. The van der Waals surface area contributed by atoms with E-state index in [0.29, 0.717) is 29.9 Å². The van der Waals surface area contributed by atoms with Gasteiger partial charge in [0.05, 0.1) is 0 Å². The average molecular weight is 392 g/mol. The number of rotatable bonds is 5. The highest BCUT2D eigenvalue weighted by atomic mass is 16.5. The Morgan fingerprint density at radius 2 is 1.86 bits per heavy atom. The summed E-state index contributed by atoms with van der Waals surface area (Å²) in [5.74, 6) is 2.77. The molecule has 0 N–H and O–H groups in total. The van der Waals surface area contributed by atoms with Gasteiger partial charge in [-0.15, -0.1) is 0 Å². The maximum absolute atomic E-state index is 9.46. The Morgan fingerprint density at radius 1 is 1.07 bits per heavy atom. The van der Waals surface area contributed by atoms with E-state index in [9.17, 15) is 5.26 Å². The van der Waals surface area contributed by atoms with Crippen LogP contribution < -0.4 is 9.64 Å². The number of ether oxygens (including phenoxy) is 1. The number of furan rings is 1. The van der Waals surface area contributed by atoms with Crippen molar-refractivity contribution in [1.82, 2.24) is 9.88 Å². The molecule has 4 rings (SSSR count). The second-order valence-electron chi connectivity index (χ2n) is 7.38. The second-order valence-corrected chi connectivity index (χ2v) is 7.38.